The van der Waals surface area contributed by atoms with Gasteiger partial charge < -0.3 is 4.90 Å². The van der Waals surface area contributed by atoms with E-state index in [4.69, 9.17) is 0 Å². The van der Waals surface area contributed by atoms with Crippen LogP contribution in [0.15, 0.2) is 188 Å². The van der Waals surface area contributed by atoms with Gasteiger partial charge in [0.1, 0.15) is 0 Å². The molecule has 0 fully saturated rings. The molecule has 0 saturated carbocycles. The first-order valence-electron chi connectivity index (χ1n) is 21.2. The molecule has 0 aliphatic heterocycles. The lowest BCUT2D eigenvalue weighted by Crippen LogP contribution is -2.37. The Labute approximate surface area is 347 Å². The molecule has 1 heteroatoms. The van der Waals surface area contributed by atoms with Crippen molar-refractivity contribution in [2.45, 2.75) is 51.4 Å². The topological polar surface area (TPSA) is 3.24 Å². The summed E-state index contributed by atoms with van der Waals surface area (Å²) in [5.74, 6) is 0.178. The molecule has 284 valence electrons. The predicted octanol–water partition coefficient (Wildman–Crippen LogP) is 13.6. The monoisotopic (exact) mass is 757 g/mol. The molecule has 9 aromatic rings. The molecule has 2 aliphatic carbocycles. The smallest absolute Gasteiger partial charge is 0.0540 e. The van der Waals surface area contributed by atoms with Crippen LogP contribution in [0.2, 0.25) is 0 Å². The molecule has 59 heavy (non-hydrogen) atoms. The summed E-state index contributed by atoms with van der Waals surface area (Å²) >= 11 is 0. The maximum Gasteiger partial charge on any atom is 0.0540 e. The van der Waals surface area contributed by atoms with Crippen molar-refractivity contribution in [3.63, 3.8) is 0 Å². The van der Waals surface area contributed by atoms with Crippen molar-refractivity contribution in [3.8, 4) is 0 Å². The minimum atomic E-state index is 0.0620. The van der Waals surface area contributed by atoms with Crippen molar-refractivity contribution < 1.29 is 0 Å². The minimum absolute atomic E-state index is 0.0620. The molecule has 0 N–H and O–H groups in total. The van der Waals surface area contributed by atoms with Crippen LogP contribution in [0.4, 0.5) is 17.1 Å². The molecule has 0 radical (unpaired) electrons. The second-order valence-electron chi connectivity index (χ2n) is 17.5. The zero-order chi connectivity index (χ0) is 39.7. The van der Waals surface area contributed by atoms with Crippen molar-refractivity contribution in [2.75, 3.05) is 4.90 Å². The van der Waals surface area contributed by atoms with Crippen LogP contribution in [0.1, 0.15) is 66.5 Å². The van der Waals surface area contributed by atoms with Crippen LogP contribution in [0.5, 0.6) is 0 Å². The first-order chi connectivity index (χ1) is 28.9. The molecule has 0 spiro atoms. The molecule has 0 aromatic heterocycles. The second-order valence-corrected chi connectivity index (χ2v) is 17.5. The summed E-state index contributed by atoms with van der Waals surface area (Å²) < 4.78 is 0. The third-order valence-corrected chi connectivity index (χ3v) is 13.1. The molecule has 11 rings (SSSR count). The minimum Gasteiger partial charge on any atom is -0.310 e. The van der Waals surface area contributed by atoms with Crippen LogP contribution in [-0.2, 0) is 18.3 Å². The van der Waals surface area contributed by atoms with E-state index in [0.29, 0.717) is 0 Å². The molecule has 1 unspecified atom stereocenters. The number of rotatable bonds is 6. The van der Waals surface area contributed by atoms with Crippen LogP contribution < -0.4 is 15.3 Å². The van der Waals surface area contributed by atoms with Crippen molar-refractivity contribution in [1.82, 2.24) is 0 Å². The van der Waals surface area contributed by atoms with Gasteiger partial charge in [0.25, 0.3) is 0 Å². The number of benzene rings is 9. The molecule has 0 saturated heterocycles. The highest BCUT2D eigenvalue weighted by atomic mass is 15.1. The van der Waals surface area contributed by atoms with Gasteiger partial charge in [0, 0.05) is 22.7 Å². The Bertz CT molecular complexity index is 3180. The summed E-state index contributed by atoms with van der Waals surface area (Å²) in [4.78, 5) is 2.51. The Morgan fingerprint density at radius 2 is 1.05 bits per heavy atom. The Kier molecular flexibility index (Phi) is 8.41. The van der Waals surface area contributed by atoms with E-state index in [-0.39, 0.29) is 11.3 Å². The molecule has 2 aliphatic rings. The Hall–Kier alpha value is -6.70. The quantitative estimate of drug-likeness (QED) is 0.153. The molecule has 0 bridgehead atoms. The van der Waals surface area contributed by atoms with Crippen LogP contribution in [0, 0.1) is 0 Å². The standard InChI is InChI=1S/C58H47N/c1-58(2,3)43-29-31-44(32-30-43)59(53-35-28-42-27-26-41-22-15-25-49(53)54(41)42)45-33-34-48-52(36-45)46-23-13-14-24-47(46)56-51(39-18-9-5-10-19-39)37-50(38-16-7-4-8-17-38)55(57(48)56)40-20-11-6-12-21-40/h4-25,28-36,50H,26-27,37H2,1-3H3. The third-order valence-electron chi connectivity index (χ3n) is 13.1. The van der Waals surface area contributed by atoms with Gasteiger partial charge in [-0.3, -0.25) is 0 Å². The van der Waals surface area contributed by atoms with Crippen LogP contribution >= 0.6 is 0 Å². The number of fused-ring (bicyclic) bond motifs is 6. The van der Waals surface area contributed by atoms with Crippen molar-refractivity contribution in [1.29, 1.82) is 0 Å². The molecular formula is C58H47N. The van der Waals surface area contributed by atoms with E-state index in [2.05, 4.69) is 214 Å². The van der Waals surface area contributed by atoms with Gasteiger partial charge in [-0.15, -0.1) is 0 Å². The average Bonchev–Trinajstić information content (AvgIpc) is 3.72. The van der Waals surface area contributed by atoms with Gasteiger partial charge in [-0.2, -0.15) is 0 Å². The lowest BCUT2D eigenvalue weighted by molar-refractivity contribution is 0.590. The third kappa shape index (κ3) is 5.91. The summed E-state index contributed by atoms with van der Waals surface area (Å²) in [6.45, 7) is 6.88. The molecule has 9 aromatic carbocycles. The van der Waals surface area contributed by atoms with Crippen molar-refractivity contribution >= 4 is 60.5 Å². The number of aryl methyl sites for hydroxylation is 2. The normalized spacial score (nSPS) is 14.9. The maximum atomic E-state index is 2.51. The van der Waals surface area contributed by atoms with Crippen LogP contribution in [0.3, 0.4) is 0 Å². The summed E-state index contributed by atoms with van der Waals surface area (Å²) in [6.07, 6.45) is 3.13. The second kappa shape index (κ2) is 14.0. The highest BCUT2D eigenvalue weighted by Crippen LogP contribution is 2.45. The van der Waals surface area contributed by atoms with E-state index in [1.165, 1.54) is 98.7 Å². The molecule has 0 amide bonds. The summed E-state index contributed by atoms with van der Waals surface area (Å²) in [6, 6.07) is 70.9. The molecular weight excluding hydrogens is 711 g/mol. The van der Waals surface area contributed by atoms with E-state index >= 15 is 0 Å². The van der Waals surface area contributed by atoms with Gasteiger partial charge in [-0.25, -0.2) is 0 Å². The predicted molar refractivity (Wildman–Crippen MR) is 251 cm³/mol. The van der Waals surface area contributed by atoms with Crippen molar-refractivity contribution in [2.24, 2.45) is 0 Å². The number of hydrogen-bond acceptors (Lipinski definition) is 1. The van der Waals surface area contributed by atoms with E-state index in [0.717, 1.165) is 24.9 Å². The Morgan fingerprint density at radius 1 is 0.458 bits per heavy atom. The van der Waals surface area contributed by atoms with Gasteiger partial charge in [0.15, 0.2) is 0 Å². The van der Waals surface area contributed by atoms with Gasteiger partial charge in [-0.05, 0) is 137 Å². The SMILES string of the molecule is CC(C)(C)c1ccc(N(c2ccc3c4c(c5ccccc5c3c2)=C(c2ccccc2)CC(c2ccccc2)C=4c2ccccc2)c2ccc3c4c(cccc24)CC3)cc1. The fourth-order valence-corrected chi connectivity index (χ4v) is 10.3. The average molecular weight is 758 g/mol. The lowest BCUT2D eigenvalue weighted by Gasteiger charge is -2.30. The first-order valence-corrected chi connectivity index (χ1v) is 21.2. The summed E-state index contributed by atoms with van der Waals surface area (Å²) in [7, 11) is 0. The highest BCUT2D eigenvalue weighted by Gasteiger charge is 2.29. The van der Waals surface area contributed by atoms with E-state index < -0.39 is 0 Å². The van der Waals surface area contributed by atoms with Gasteiger partial charge in [0.2, 0.25) is 0 Å². The largest absolute Gasteiger partial charge is 0.310 e. The maximum absolute atomic E-state index is 2.51. The fraction of sp³-hybridized carbons (Fsp3) is 0.138. The van der Waals surface area contributed by atoms with E-state index in [1.54, 1.807) is 0 Å². The molecule has 1 nitrogen and oxygen atoms in total. The van der Waals surface area contributed by atoms with Crippen LogP contribution in [-0.4, -0.2) is 0 Å². The highest BCUT2D eigenvalue weighted by molar-refractivity contribution is 6.12. The van der Waals surface area contributed by atoms with Gasteiger partial charge >= 0.3 is 0 Å². The van der Waals surface area contributed by atoms with Gasteiger partial charge in [0.05, 0.1) is 5.69 Å². The number of hydrogen-bond donors (Lipinski definition) is 0. The first kappa shape index (κ1) is 35.5. The van der Waals surface area contributed by atoms with Crippen molar-refractivity contribution in [3.05, 3.63) is 232 Å². The number of anilines is 3. The zero-order valence-corrected chi connectivity index (χ0v) is 34.0. The lowest BCUT2D eigenvalue weighted by atomic mass is 9.74. The molecule has 1 atom stereocenters. The van der Waals surface area contributed by atoms with Crippen LogP contribution in [0.25, 0.3) is 43.5 Å². The molecule has 0 heterocycles. The Balaban J connectivity index is 1.27. The number of nitrogens with zero attached hydrogens (tertiary/aromatic N) is 1. The Morgan fingerprint density at radius 3 is 1.76 bits per heavy atom. The summed E-state index contributed by atoms with van der Waals surface area (Å²) in [5.41, 5.74) is 14.6. The fourth-order valence-electron chi connectivity index (χ4n) is 10.3. The van der Waals surface area contributed by atoms with E-state index in [9.17, 15) is 0 Å². The van der Waals surface area contributed by atoms with E-state index in [1.807, 2.05) is 0 Å². The zero-order valence-electron chi connectivity index (χ0n) is 34.0. The summed E-state index contributed by atoms with van der Waals surface area (Å²) in [5, 5.41) is 10.6. The van der Waals surface area contributed by atoms with Gasteiger partial charge in [-0.1, -0.05) is 178 Å².